The van der Waals surface area contributed by atoms with Gasteiger partial charge in [-0.1, -0.05) is 30.3 Å². The molecule has 0 radical (unpaired) electrons. The van der Waals surface area contributed by atoms with Gasteiger partial charge in [0, 0.05) is 25.0 Å². The third-order valence-corrected chi connectivity index (χ3v) is 3.84. The van der Waals surface area contributed by atoms with Crippen molar-refractivity contribution in [1.29, 1.82) is 0 Å². The Labute approximate surface area is 107 Å². The zero-order chi connectivity index (χ0) is 12.4. The van der Waals surface area contributed by atoms with Crippen molar-refractivity contribution in [2.24, 2.45) is 5.92 Å². The van der Waals surface area contributed by atoms with E-state index in [1.165, 1.54) is 0 Å². The highest BCUT2D eigenvalue weighted by molar-refractivity contribution is 5.69. The summed E-state index contributed by atoms with van der Waals surface area (Å²) < 4.78 is 5.35. The zero-order valence-electron chi connectivity index (χ0n) is 10.3. The van der Waals surface area contributed by atoms with E-state index in [-0.39, 0.29) is 6.09 Å². The molecule has 0 aromatic heterocycles. The summed E-state index contributed by atoms with van der Waals surface area (Å²) in [5.41, 5.74) is 1.04. The number of nitrogens with one attached hydrogen (secondary N) is 1. The predicted octanol–water partition coefficient (Wildman–Crippen LogP) is 1.62. The van der Waals surface area contributed by atoms with E-state index in [0.717, 1.165) is 31.6 Å². The second-order valence-corrected chi connectivity index (χ2v) is 5.01. The van der Waals surface area contributed by atoms with Crippen LogP contribution in [0.25, 0.3) is 0 Å². The molecule has 18 heavy (non-hydrogen) atoms. The van der Waals surface area contributed by atoms with Crippen LogP contribution in [0.3, 0.4) is 0 Å². The molecule has 2 saturated heterocycles. The van der Waals surface area contributed by atoms with E-state index < -0.39 is 0 Å². The van der Waals surface area contributed by atoms with Crippen molar-refractivity contribution >= 4 is 6.09 Å². The number of amides is 1. The number of carbonyl (C=O) groups is 1. The van der Waals surface area contributed by atoms with Crippen LogP contribution in [0.2, 0.25) is 0 Å². The van der Waals surface area contributed by atoms with Gasteiger partial charge in [0.2, 0.25) is 0 Å². The maximum atomic E-state index is 11.9. The summed E-state index contributed by atoms with van der Waals surface area (Å²) in [4.78, 5) is 13.8. The highest BCUT2D eigenvalue weighted by Gasteiger charge is 2.43. The molecule has 1 N–H and O–H groups in total. The van der Waals surface area contributed by atoms with Gasteiger partial charge in [0.25, 0.3) is 0 Å². The molecule has 0 unspecified atom stereocenters. The van der Waals surface area contributed by atoms with Crippen LogP contribution < -0.4 is 5.32 Å². The van der Waals surface area contributed by atoms with E-state index >= 15 is 0 Å². The van der Waals surface area contributed by atoms with E-state index in [4.69, 9.17) is 4.74 Å². The van der Waals surface area contributed by atoms with E-state index in [0.29, 0.717) is 18.6 Å². The Morgan fingerprint density at radius 1 is 1.39 bits per heavy atom. The molecule has 2 aliphatic rings. The standard InChI is InChI=1S/C14H18N2O2/c17-14(18-10-11-4-2-1-3-5-11)16-9-12-8-15-7-6-13(12)16/h1-5,12-13,15H,6-10H2/t12-,13-/m0/s1. The number of rotatable bonds is 2. The Morgan fingerprint density at radius 3 is 3.00 bits per heavy atom. The summed E-state index contributed by atoms with van der Waals surface area (Å²) >= 11 is 0. The molecule has 1 aromatic carbocycles. The van der Waals surface area contributed by atoms with Gasteiger partial charge < -0.3 is 15.0 Å². The number of hydrogen-bond donors (Lipinski definition) is 1. The monoisotopic (exact) mass is 246 g/mol. The van der Waals surface area contributed by atoms with Gasteiger partial charge in [0.1, 0.15) is 6.61 Å². The number of hydrogen-bond acceptors (Lipinski definition) is 3. The average Bonchev–Trinajstić information content (AvgIpc) is 2.39. The van der Waals surface area contributed by atoms with Crippen molar-refractivity contribution in [2.75, 3.05) is 19.6 Å². The molecule has 96 valence electrons. The molecule has 0 saturated carbocycles. The highest BCUT2D eigenvalue weighted by Crippen LogP contribution is 2.29. The molecule has 2 fully saturated rings. The lowest BCUT2D eigenvalue weighted by Crippen LogP contribution is -2.64. The topological polar surface area (TPSA) is 41.6 Å². The second-order valence-electron chi connectivity index (χ2n) is 5.01. The van der Waals surface area contributed by atoms with Crippen LogP contribution in [0.15, 0.2) is 30.3 Å². The fourth-order valence-electron chi connectivity index (χ4n) is 2.77. The summed E-state index contributed by atoms with van der Waals surface area (Å²) in [5, 5.41) is 3.35. The lowest BCUT2D eigenvalue weighted by atomic mass is 9.84. The smallest absolute Gasteiger partial charge is 0.410 e. The fourth-order valence-corrected chi connectivity index (χ4v) is 2.77. The molecule has 2 atom stereocenters. The normalized spacial score (nSPS) is 26.1. The molecule has 0 aliphatic carbocycles. The van der Waals surface area contributed by atoms with Gasteiger partial charge >= 0.3 is 6.09 Å². The van der Waals surface area contributed by atoms with Gasteiger partial charge in [-0.15, -0.1) is 0 Å². The fraction of sp³-hybridized carbons (Fsp3) is 0.500. The predicted molar refractivity (Wildman–Crippen MR) is 68.1 cm³/mol. The van der Waals surface area contributed by atoms with Gasteiger partial charge in [-0.25, -0.2) is 4.79 Å². The van der Waals surface area contributed by atoms with Crippen LogP contribution in [0.5, 0.6) is 0 Å². The van der Waals surface area contributed by atoms with Crippen LogP contribution in [0.1, 0.15) is 12.0 Å². The molecule has 1 amide bonds. The Hall–Kier alpha value is -1.55. The highest BCUT2D eigenvalue weighted by atomic mass is 16.6. The molecule has 4 nitrogen and oxygen atoms in total. The lowest BCUT2D eigenvalue weighted by molar-refractivity contribution is -0.0103. The minimum absolute atomic E-state index is 0.165. The molecule has 2 aliphatic heterocycles. The molecular formula is C14H18N2O2. The first kappa shape index (κ1) is 11.5. The minimum atomic E-state index is -0.165. The molecule has 0 bridgehead atoms. The summed E-state index contributed by atoms with van der Waals surface area (Å²) in [7, 11) is 0. The second kappa shape index (κ2) is 4.98. The maximum Gasteiger partial charge on any atom is 0.410 e. The number of fused-ring (bicyclic) bond motifs is 1. The van der Waals surface area contributed by atoms with Crippen molar-refractivity contribution in [3.05, 3.63) is 35.9 Å². The molecular weight excluding hydrogens is 228 g/mol. The molecule has 4 heteroatoms. The molecule has 2 heterocycles. The Kier molecular flexibility index (Phi) is 3.19. The van der Waals surface area contributed by atoms with E-state index in [9.17, 15) is 4.79 Å². The summed E-state index contributed by atoms with van der Waals surface area (Å²) in [6, 6.07) is 10.2. The van der Waals surface area contributed by atoms with Crippen LogP contribution in [-0.4, -0.2) is 36.7 Å². The van der Waals surface area contributed by atoms with Crippen molar-refractivity contribution in [2.45, 2.75) is 19.1 Å². The zero-order valence-corrected chi connectivity index (χ0v) is 10.3. The van der Waals surface area contributed by atoms with Crippen molar-refractivity contribution in [1.82, 2.24) is 10.2 Å². The quantitative estimate of drug-likeness (QED) is 0.862. The van der Waals surface area contributed by atoms with Crippen LogP contribution in [-0.2, 0) is 11.3 Å². The van der Waals surface area contributed by atoms with Gasteiger partial charge in [-0.3, -0.25) is 0 Å². The SMILES string of the molecule is O=C(OCc1ccccc1)N1C[C@@H]2CNCC[C@@H]21. The van der Waals surface area contributed by atoms with E-state index in [1.54, 1.807) is 0 Å². The average molecular weight is 246 g/mol. The Balaban J connectivity index is 1.50. The van der Waals surface area contributed by atoms with E-state index in [1.807, 2.05) is 35.2 Å². The summed E-state index contributed by atoms with van der Waals surface area (Å²) in [6.45, 7) is 3.24. The molecule has 0 spiro atoms. The molecule has 1 aromatic rings. The van der Waals surface area contributed by atoms with E-state index in [2.05, 4.69) is 5.32 Å². The summed E-state index contributed by atoms with van der Waals surface area (Å²) in [5.74, 6) is 0.628. The summed E-state index contributed by atoms with van der Waals surface area (Å²) in [6.07, 6.45) is 0.882. The first-order chi connectivity index (χ1) is 8.84. The third kappa shape index (κ3) is 2.20. The van der Waals surface area contributed by atoms with Crippen LogP contribution >= 0.6 is 0 Å². The molecule has 3 rings (SSSR count). The minimum Gasteiger partial charge on any atom is -0.445 e. The number of likely N-dealkylation sites (tertiary alicyclic amines) is 1. The van der Waals surface area contributed by atoms with Gasteiger partial charge in [0.05, 0.1) is 0 Å². The lowest BCUT2D eigenvalue weighted by Gasteiger charge is -2.50. The van der Waals surface area contributed by atoms with Crippen molar-refractivity contribution in [3.8, 4) is 0 Å². The first-order valence-electron chi connectivity index (χ1n) is 6.52. The number of ether oxygens (including phenoxy) is 1. The Bertz CT molecular complexity index is 421. The van der Waals surface area contributed by atoms with Crippen LogP contribution in [0.4, 0.5) is 4.79 Å². The number of nitrogens with zero attached hydrogens (tertiary/aromatic N) is 1. The Morgan fingerprint density at radius 2 is 2.22 bits per heavy atom. The largest absolute Gasteiger partial charge is 0.445 e. The first-order valence-corrected chi connectivity index (χ1v) is 6.52. The number of piperidine rings is 1. The third-order valence-electron chi connectivity index (χ3n) is 3.84. The van der Waals surface area contributed by atoms with Gasteiger partial charge in [-0.05, 0) is 18.5 Å². The van der Waals surface area contributed by atoms with Crippen LogP contribution in [0, 0.1) is 5.92 Å². The number of carbonyl (C=O) groups excluding carboxylic acids is 1. The van der Waals surface area contributed by atoms with Crippen molar-refractivity contribution in [3.63, 3.8) is 0 Å². The van der Waals surface area contributed by atoms with Crippen molar-refractivity contribution < 1.29 is 9.53 Å². The maximum absolute atomic E-state index is 11.9. The number of benzene rings is 1. The van der Waals surface area contributed by atoms with Gasteiger partial charge in [-0.2, -0.15) is 0 Å². The van der Waals surface area contributed by atoms with Gasteiger partial charge in [0.15, 0.2) is 0 Å².